The zero-order valence-electron chi connectivity index (χ0n) is 21.7. The molecule has 0 spiro atoms. The first-order valence-electron chi connectivity index (χ1n) is 12.9. The van der Waals surface area contributed by atoms with Crippen molar-refractivity contribution in [2.75, 3.05) is 0 Å². The number of benzene rings is 4. The van der Waals surface area contributed by atoms with Gasteiger partial charge in [0.1, 0.15) is 0 Å². The van der Waals surface area contributed by atoms with E-state index in [9.17, 15) is 0 Å². The van der Waals surface area contributed by atoms with Crippen LogP contribution in [0.2, 0.25) is 0 Å². The summed E-state index contributed by atoms with van der Waals surface area (Å²) in [6.07, 6.45) is 3.66. The van der Waals surface area contributed by atoms with Crippen LogP contribution in [0, 0.1) is 38.4 Å². The first-order chi connectivity index (χ1) is 17.9. The second-order valence-electron chi connectivity index (χ2n) is 9.85. The van der Waals surface area contributed by atoms with Gasteiger partial charge in [0.25, 0.3) is 0 Å². The van der Waals surface area contributed by atoms with Crippen LogP contribution in [-0.4, -0.2) is 5.60 Å². The van der Waals surface area contributed by atoms with E-state index in [-0.39, 0.29) is 22.5 Å². The number of halogens is 1. The van der Waals surface area contributed by atoms with E-state index >= 15 is 4.39 Å². The third-order valence-corrected chi connectivity index (χ3v) is 9.12. The lowest BCUT2D eigenvalue weighted by Crippen LogP contribution is -2.31. The van der Waals surface area contributed by atoms with Crippen molar-refractivity contribution in [1.29, 1.82) is 0 Å². The molecule has 1 saturated carbocycles. The normalized spacial score (nSPS) is 14.3. The minimum atomic E-state index is -0.679. The van der Waals surface area contributed by atoms with Gasteiger partial charge in [0.2, 0.25) is 0 Å². The fourth-order valence-corrected chi connectivity index (χ4v) is 7.28. The van der Waals surface area contributed by atoms with Crippen LogP contribution in [0.25, 0.3) is 0 Å². The zero-order chi connectivity index (χ0) is 25.8. The summed E-state index contributed by atoms with van der Waals surface area (Å²) in [6.45, 7) is 6.31. The largest absolute Gasteiger partial charge is 0.471 e. The van der Waals surface area contributed by atoms with Crippen LogP contribution in [0.3, 0.4) is 0 Å². The van der Waals surface area contributed by atoms with Gasteiger partial charge in [-0.1, -0.05) is 60.0 Å². The molecule has 4 aromatic carbocycles. The van der Waals surface area contributed by atoms with Crippen LogP contribution in [0.5, 0.6) is 5.75 Å². The standard InChI is InChI=1S/C34H32FOS/c1-25-22-26(2)31(27(3)23-25)18-21-34(19-10-11-20-34)36-33-24-30(16-17-32(33)35)37(28-12-6-4-7-13-28)29-14-8-5-9-15-29/h4-9,12-17,22-24H,10-11,19-20H2,1-3H3/q+1. The van der Waals surface area contributed by atoms with Gasteiger partial charge < -0.3 is 4.74 Å². The third kappa shape index (κ3) is 5.60. The molecule has 5 rings (SSSR count). The SMILES string of the molecule is Cc1cc(C)c(C#CC2(Oc3cc([S+](c4ccccc4)c4ccccc4)ccc3F)CCCC2)c(C)c1. The third-order valence-electron chi connectivity index (χ3n) is 6.91. The fourth-order valence-electron chi connectivity index (χ4n) is 5.17. The van der Waals surface area contributed by atoms with E-state index in [1.165, 1.54) is 26.5 Å². The van der Waals surface area contributed by atoms with Crippen molar-refractivity contribution in [2.24, 2.45) is 0 Å². The molecule has 0 heterocycles. The Morgan fingerprint density at radius 2 is 1.30 bits per heavy atom. The monoisotopic (exact) mass is 507 g/mol. The van der Waals surface area contributed by atoms with Crippen LogP contribution in [0.1, 0.15) is 47.9 Å². The molecule has 0 unspecified atom stereocenters. The van der Waals surface area contributed by atoms with E-state index in [1.807, 2.05) is 24.3 Å². The fraction of sp³-hybridized carbons (Fsp3) is 0.235. The van der Waals surface area contributed by atoms with Crippen molar-refractivity contribution < 1.29 is 9.13 Å². The van der Waals surface area contributed by atoms with Gasteiger partial charge in [-0.25, -0.2) is 4.39 Å². The molecule has 0 aromatic heterocycles. The smallest absolute Gasteiger partial charge is 0.170 e. The lowest BCUT2D eigenvalue weighted by molar-refractivity contribution is 0.131. The Bertz CT molecular complexity index is 1380. The summed E-state index contributed by atoms with van der Waals surface area (Å²) in [4.78, 5) is 3.40. The van der Waals surface area contributed by atoms with Crippen molar-refractivity contribution in [1.82, 2.24) is 0 Å². The number of aryl methyl sites for hydroxylation is 3. The van der Waals surface area contributed by atoms with Crippen LogP contribution < -0.4 is 4.74 Å². The molecule has 1 aliphatic rings. The molecule has 3 heteroatoms. The van der Waals surface area contributed by atoms with Crippen molar-refractivity contribution in [3.63, 3.8) is 0 Å². The minimum Gasteiger partial charge on any atom is -0.471 e. The Morgan fingerprint density at radius 3 is 1.86 bits per heavy atom. The predicted octanol–water partition coefficient (Wildman–Crippen LogP) is 8.59. The number of rotatable bonds is 5. The Labute approximate surface area is 223 Å². The first-order valence-corrected chi connectivity index (χ1v) is 14.1. The molecule has 0 aliphatic heterocycles. The van der Waals surface area contributed by atoms with Crippen molar-refractivity contribution in [3.8, 4) is 17.6 Å². The molecule has 0 atom stereocenters. The summed E-state index contributed by atoms with van der Waals surface area (Å²) in [7, 11) is -0.374. The Kier molecular flexibility index (Phi) is 7.40. The summed E-state index contributed by atoms with van der Waals surface area (Å²) in [6, 6.07) is 30.4. The minimum absolute atomic E-state index is 0.287. The van der Waals surface area contributed by atoms with Gasteiger partial charge in [0.05, 0.1) is 10.9 Å². The highest BCUT2D eigenvalue weighted by Crippen LogP contribution is 2.38. The molecule has 1 aliphatic carbocycles. The number of hydrogen-bond acceptors (Lipinski definition) is 1. The molecular formula is C34H32FOS+. The van der Waals surface area contributed by atoms with Crippen LogP contribution >= 0.6 is 0 Å². The van der Waals surface area contributed by atoms with E-state index in [0.29, 0.717) is 0 Å². The van der Waals surface area contributed by atoms with Crippen molar-refractivity contribution in [2.45, 2.75) is 66.7 Å². The van der Waals surface area contributed by atoms with E-state index < -0.39 is 5.60 Å². The van der Waals surface area contributed by atoms with E-state index in [2.05, 4.69) is 93.3 Å². The molecule has 186 valence electrons. The van der Waals surface area contributed by atoms with Gasteiger partial charge in [-0.15, -0.1) is 0 Å². The lowest BCUT2D eigenvalue weighted by atomic mass is 9.97. The molecule has 37 heavy (non-hydrogen) atoms. The summed E-state index contributed by atoms with van der Waals surface area (Å²) in [5.41, 5.74) is 3.94. The molecule has 4 aromatic rings. The Morgan fingerprint density at radius 1 is 0.730 bits per heavy atom. The number of ether oxygens (including phenoxy) is 1. The van der Waals surface area contributed by atoms with Gasteiger partial charge in [0.15, 0.2) is 31.9 Å². The number of hydrogen-bond donors (Lipinski definition) is 0. The molecule has 0 N–H and O–H groups in total. The maximum absolute atomic E-state index is 15.2. The first kappa shape index (κ1) is 25.2. The summed E-state index contributed by atoms with van der Waals surface area (Å²) >= 11 is 0. The summed E-state index contributed by atoms with van der Waals surface area (Å²) in [5, 5.41) is 0. The highest BCUT2D eigenvalue weighted by molar-refractivity contribution is 7.97. The quantitative estimate of drug-likeness (QED) is 0.194. The maximum Gasteiger partial charge on any atom is 0.170 e. The average Bonchev–Trinajstić information content (AvgIpc) is 3.35. The molecule has 0 amide bonds. The second-order valence-corrected chi connectivity index (χ2v) is 11.9. The van der Waals surface area contributed by atoms with Gasteiger partial charge in [-0.3, -0.25) is 0 Å². The van der Waals surface area contributed by atoms with Crippen molar-refractivity contribution in [3.05, 3.63) is 119 Å². The van der Waals surface area contributed by atoms with Crippen LogP contribution in [0.4, 0.5) is 4.39 Å². The Hall–Kier alpha value is -3.48. The molecule has 1 nitrogen and oxygen atoms in total. The second kappa shape index (κ2) is 10.9. The highest BCUT2D eigenvalue weighted by Gasteiger charge is 2.36. The van der Waals surface area contributed by atoms with Crippen LogP contribution in [-0.2, 0) is 10.9 Å². The average molecular weight is 508 g/mol. The molecule has 0 bridgehead atoms. The maximum atomic E-state index is 15.2. The molecular weight excluding hydrogens is 475 g/mol. The van der Waals surface area contributed by atoms with Crippen LogP contribution in [0.15, 0.2) is 106 Å². The molecule has 0 radical (unpaired) electrons. The van der Waals surface area contributed by atoms with E-state index in [0.717, 1.165) is 36.1 Å². The van der Waals surface area contributed by atoms with Gasteiger partial charge in [-0.05, 0) is 99.9 Å². The van der Waals surface area contributed by atoms with Gasteiger partial charge in [0, 0.05) is 11.6 Å². The summed E-state index contributed by atoms with van der Waals surface area (Å²) in [5.74, 6) is 6.83. The molecule has 0 saturated heterocycles. The van der Waals surface area contributed by atoms with Crippen molar-refractivity contribution >= 4 is 10.9 Å². The Balaban J connectivity index is 1.53. The van der Waals surface area contributed by atoms with Gasteiger partial charge in [-0.2, -0.15) is 0 Å². The van der Waals surface area contributed by atoms with Gasteiger partial charge >= 0.3 is 0 Å². The highest BCUT2D eigenvalue weighted by atomic mass is 32.2. The topological polar surface area (TPSA) is 9.23 Å². The van der Waals surface area contributed by atoms with E-state index in [4.69, 9.17) is 4.74 Å². The molecule has 1 fully saturated rings. The lowest BCUT2D eigenvalue weighted by Gasteiger charge is -2.25. The predicted molar refractivity (Wildman–Crippen MR) is 151 cm³/mol. The van der Waals surface area contributed by atoms with E-state index in [1.54, 1.807) is 6.07 Å². The summed E-state index contributed by atoms with van der Waals surface area (Å²) < 4.78 is 21.8. The zero-order valence-corrected chi connectivity index (χ0v) is 22.5.